The van der Waals surface area contributed by atoms with E-state index in [1.54, 1.807) is 64.2 Å². The first kappa shape index (κ1) is 41.0. The third-order valence-electron chi connectivity index (χ3n) is 9.89. The lowest BCUT2D eigenvalue weighted by Gasteiger charge is -2.32. The molecule has 0 aliphatic carbocycles. The topological polar surface area (TPSA) is 141 Å². The highest BCUT2D eigenvalue weighted by Crippen LogP contribution is 2.37. The van der Waals surface area contributed by atoms with E-state index in [-0.39, 0.29) is 30.6 Å². The Labute approximate surface area is 324 Å². The maximum atomic E-state index is 13.8. The summed E-state index contributed by atoms with van der Waals surface area (Å²) >= 11 is 0. The van der Waals surface area contributed by atoms with Crippen LogP contribution in [0.1, 0.15) is 78.3 Å². The second kappa shape index (κ2) is 18.0. The van der Waals surface area contributed by atoms with E-state index in [2.05, 4.69) is 17.3 Å². The van der Waals surface area contributed by atoms with Gasteiger partial charge in [-0.25, -0.2) is 4.79 Å². The smallest absolute Gasteiger partial charge is 0.415 e. The van der Waals surface area contributed by atoms with Crippen LogP contribution < -0.4 is 24.6 Å². The second-order valence-corrected chi connectivity index (χ2v) is 15.2. The van der Waals surface area contributed by atoms with Crippen LogP contribution in [0, 0.1) is 6.92 Å². The molecule has 0 radical (unpaired) electrons. The Balaban J connectivity index is 1.22. The van der Waals surface area contributed by atoms with Crippen molar-refractivity contribution in [1.82, 2.24) is 9.80 Å². The molecule has 5 rings (SSSR count). The van der Waals surface area contributed by atoms with Gasteiger partial charge >= 0.3 is 6.09 Å². The first-order chi connectivity index (χ1) is 26.2. The van der Waals surface area contributed by atoms with E-state index in [0.717, 1.165) is 51.0 Å². The average molecular weight is 758 g/mol. The number of likely N-dealkylation sites (N-methyl/N-ethyl adjacent to an activating group) is 1. The number of unbranched alkanes of at least 4 members (excludes halogenated alkanes) is 2. The fourth-order valence-corrected chi connectivity index (χ4v) is 6.84. The highest BCUT2D eigenvalue weighted by molar-refractivity contribution is 6.10. The molecule has 2 N–H and O–H groups in total. The van der Waals surface area contributed by atoms with Gasteiger partial charge in [-0.2, -0.15) is 0 Å². The van der Waals surface area contributed by atoms with Crippen LogP contribution in [0.3, 0.4) is 0 Å². The van der Waals surface area contributed by atoms with Crippen LogP contribution in [-0.4, -0.2) is 111 Å². The van der Waals surface area contributed by atoms with Crippen molar-refractivity contribution in [3.63, 3.8) is 0 Å². The van der Waals surface area contributed by atoms with Crippen molar-refractivity contribution in [2.45, 2.75) is 71.4 Å². The van der Waals surface area contributed by atoms with Gasteiger partial charge < -0.3 is 39.3 Å². The zero-order valence-electron chi connectivity index (χ0n) is 33.1. The molecule has 296 valence electrons. The number of methoxy groups -OCH3 is 1. The molecule has 2 aliphatic heterocycles. The maximum absolute atomic E-state index is 13.8. The van der Waals surface area contributed by atoms with E-state index in [1.165, 1.54) is 16.9 Å². The lowest BCUT2D eigenvalue weighted by molar-refractivity contribution is -0.132. The van der Waals surface area contributed by atoms with Crippen molar-refractivity contribution in [2.75, 3.05) is 75.7 Å². The van der Waals surface area contributed by atoms with E-state index in [4.69, 9.17) is 14.2 Å². The van der Waals surface area contributed by atoms with Gasteiger partial charge in [0.15, 0.2) is 0 Å². The number of piperazine rings is 1. The van der Waals surface area contributed by atoms with Crippen molar-refractivity contribution in [1.29, 1.82) is 0 Å². The molecule has 2 aliphatic rings. The predicted octanol–water partition coefficient (Wildman–Crippen LogP) is 5.90. The fourth-order valence-electron chi connectivity index (χ4n) is 6.84. The summed E-state index contributed by atoms with van der Waals surface area (Å²) in [5.74, 6) is 0.355. The summed E-state index contributed by atoms with van der Waals surface area (Å²) in [5, 5.41) is 13.0. The number of amides is 4. The number of ether oxygens (including phenoxy) is 3. The maximum Gasteiger partial charge on any atom is 0.415 e. The summed E-state index contributed by atoms with van der Waals surface area (Å²) in [6.07, 6.45) is 2.65. The van der Waals surface area contributed by atoms with Crippen LogP contribution in [0.25, 0.3) is 0 Å². The van der Waals surface area contributed by atoms with Gasteiger partial charge in [-0.1, -0.05) is 12.1 Å². The van der Waals surface area contributed by atoms with E-state index < -0.39 is 23.6 Å². The monoisotopic (exact) mass is 757 g/mol. The number of nitrogens with one attached hydrogen (secondary N) is 1. The minimum absolute atomic E-state index is 0.214. The van der Waals surface area contributed by atoms with Crippen molar-refractivity contribution in [3.05, 3.63) is 76.9 Å². The number of aryl methyl sites for hydroxylation is 1. The minimum Gasteiger partial charge on any atom is -0.495 e. The summed E-state index contributed by atoms with van der Waals surface area (Å²) < 4.78 is 17.4. The summed E-state index contributed by atoms with van der Waals surface area (Å²) in [6, 6.07) is 15.0. The van der Waals surface area contributed by atoms with E-state index >= 15 is 0 Å². The van der Waals surface area contributed by atoms with Gasteiger partial charge in [0, 0.05) is 50.8 Å². The number of nitrogens with zero attached hydrogens (tertiary/aromatic N) is 4. The molecular weight excluding hydrogens is 702 g/mol. The Morgan fingerprint density at radius 2 is 1.69 bits per heavy atom. The molecule has 13 nitrogen and oxygen atoms in total. The Kier molecular flexibility index (Phi) is 13.4. The van der Waals surface area contributed by atoms with Crippen LogP contribution in [0.15, 0.2) is 54.6 Å². The molecule has 0 bridgehead atoms. The molecule has 0 saturated carbocycles. The van der Waals surface area contributed by atoms with Crippen molar-refractivity contribution < 1.29 is 38.5 Å². The Morgan fingerprint density at radius 3 is 2.38 bits per heavy atom. The van der Waals surface area contributed by atoms with Crippen molar-refractivity contribution >= 4 is 40.9 Å². The van der Waals surface area contributed by atoms with E-state index in [1.807, 2.05) is 30.0 Å². The molecule has 1 unspecified atom stereocenters. The molecule has 3 aromatic rings. The Hall–Kier alpha value is -5.14. The number of benzene rings is 3. The number of anilines is 3. The Morgan fingerprint density at radius 1 is 0.945 bits per heavy atom. The molecule has 0 spiro atoms. The van der Waals surface area contributed by atoms with E-state index in [9.17, 15) is 24.3 Å². The molecule has 13 heteroatoms. The van der Waals surface area contributed by atoms with Crippen LogP contribution >= 0.6 is 0 Å². The SMILES string of the molecule is COc1cc(C(=O)N(C)c2ccc(C)cc2OCCCCCC(=O)N2CCN(C)CC2)ccc1NC(=O)c1cccc2c1CC(CO)N2C(=O)OC(C)(C)C. The number of rotatable bonds is 13. The zero-order chi connectivity index (χ0) is 39.9. The number of carbonyl (C=O) groups excluding carboxylic acids is 4. The van der Waals surface area contributed by atoms with Gasteiger partial charge in [0.25, 0.3) is 11.8 Å². The van der Waals surface area contributed by atoms with Crippen LogP contribution in [0.4, 0.5) is 21.9 Å². The lowest BCUT2D eigenvalue weighted by atomic mass is 10.0. The van der Waals surface area contributed by atoms with E-state index in [0.29, 0.717) is 52.5 Å². The number of aliphatic hydroxyl groups excluding tert-OH is 1. The van der Waals surface area contributed by atoms with Gasteiger partial charge in [0.1, 0.15) is 17.1 Å². The molecule has 4 amide bonds. The molecule has 1 atom stereocenters. The molecular formula is C42H55N5O8. The largest absolute Gasteiger partial charge is 0.495 e. The first-order valence-electron chi connectivity index (χ1n) is 18.9. The number of aliphatic hydroxyl groups is 1. The van der Waals surface area contributed by atoms with Gasteiger partial charge in [-0.05, 0) is 114 Å². The van der Waals surface area contributed by atoms with Crippen LogP contribution in [0.2, 0.25) is 0 Å². The van der Waals surface area contributed by atoms with Gasteiger partial charge in [0.05, 0.1) is 43.4 Å². The number of carbonyl (C=O) groups is 4. The number of hydrogen-bond donors (Lipinski definition) is 2. The van der Waals surface area contributed by atoms with Crippen LogP contribution in [-0.2, 0) is 16.0 Å². The van der Waals surface area contributed by atoms with Gasteiger partial charge in [-0.15, -0.1) is 0 Å². The normalized spacial score (nSPS) is 15.7. The standard InChI is InChI=1S/C42H55N5O8/c1-28-15-18-35(37(24-28)54-23-10-8-9-14-38(49)46-21-19-44(5)20-22-46)45(6)40(51)29-16-17-33(36(25-29)53-7)43-39(50)31-12-11-13-34-32(31)26-30(27-48)47(34)41(52)55-42(2,3)4/h11-13,15-18,24-25,30,48H,8-10,14,19-23,26-27H2,1-7H3,(H,43,50). The third kappa shape index (κ3) is 10.1. The number of fused-ring (bicyclic) bond motifs is 1. The van der Waals surface area contributed by atoms with Gasteiger partial charge in [0.2, 0.25) is 5.91 Å². The Bertz CT molecular complexity index is 1870. The second-order valence-electron chi connectivity index (χ2n) is 15.2. The van der Waals surface area contributed by atoms with Crippen molar-refractivity contribution in [2.24, 2.45) is 0 Å². The van der Waals surface area contributed by atoms with Crippen molar-refractivity contribution in [3.8, 4) is 11.5 Å². The molecule has 1 fully saturated rings. The number of hydrogen-bond acceptors (Lipinski definition) is 9. The van der Waals surface area contributed by atoms with Crippen LogP contribution in [0.5, 0.6) is 11.5 Å². The summed E-state index contributed by atoms with van der Waals surface area (Å²) in [6.45, 7) is 10.8. The zero-order valence-corrected chi connectivity index (χ0v) is 33.1. The summed E-state index contributed by atoms with van der Waals surface area (Å²) in [4.78, 5) is 60.3. The van der Waals surface area contributed by atoms with Gasteiger partial charge in [-0.3, -0.25) is 19.3 Å². The molecule has 1 saturated heterocycles. The highest BCUT2D eigenvalue weighted by atomic mass is 16.6. The first-order valence-corrected chi connectivity index (χ1v) is 18.9. The minimum atomic E-state index is -0.737. The summed E-state index contributed by atoms with van der Waals surface area (Å²) in [5.41, 5.74) is 3.02. The quantitative estimate of drug-likeness (QED) is 0.204. The lowest BCUT2D eigenvalue weighted by Crippen LogP contribution is -2.47. The summed E-state index contributed by atoms with van der Waals surface area (Å²) in [7, 11) is 5.22. The molecule has 2 heterocycles. The molecule has 3 aromatic carbocycles. The fraction of sp³-hybridized carbons (Fsp3) is 0.476. The molecule has 55 heavy (non-hydrogen) atoms. The predicted molar refractivity (Wildman–Crippen MR) is 213 cm³/mol. The average Bonchev–Trinajstić information content (AvgIpc) is 3.54. The highest BCUT2D eigenvalue weighted by Gasteiger charge is 2.38. The third-order valence-corrected chi connectivity index (χ3v) is 9.89. The molecule has 0 aromatic heterocycles.